The first kappa shape index (κ1) is 15.2. The standard InChI is InChI=1S/C12H14ClN3O2S3/c13-9-10-1-2-11(20-10)21(17,18)16-6-4-15(5-7-16)12-14-3-8-19-12/h1-3,8H,4-7,9H2. The predicted octanol–water partition coefficient (Wildman–Crippen LogP) is 2.45. The Morgan fingerprint density at radius 2 is 2.00 bits per heavy atom. The van der Waals surface area contributed by atoms with Crippen LogP contribution in [-0.4, -0.2) is 43.9 Å². The minimum atomic E-state index is -3.39. The van der Waals surface area contributed by atoms with Crippen molar-refractivity contribution in [3.05, 3.63) is 28.6 Å². The van der Waals surface area contributed by atoms with Gasteiger partial charge in [-0.15, -0.1) is 34.3 Å². The second-order valence-electron chi connectivity index (χ2n) is 4.56. The fourth-order valence-corrected chi connectivity index (χ4v) is 5.92. The lowest BCUT2D eigenvalue weighted by Crippen LogP contribution is -2.48. The van der Waals surface area contributed by atoms with E-state index in [-0.39, 0.29) is 0 Å². The Labute approximate surface area is 136 Å². The van der Waals surface area contributed by atoms with Crippen LogP contribution in [-0.2, 0) is 15.9 Å². The van der Waals surface area contributed by atoms with Gasteiger partial charge in [0.1, 0.15) is 4.21 Å². The molecule has 0 unspecified atom stereocenters. The minimum absolute atomic E-state index is 0.345. The van der Waals surface area contributed by atoms with Crippen molar-refractivity contribution in [2.24, 2.45) is 0 Å². The van der Waals surface area contributed by atoms with Crippen LogP contribution in [0.15, 0.2) is 27.9 Å². The average Bonchev–Trinajstić information content (AvgIpc) is 3.19. The number of piperazine rings is 1. The van der Waals surface area contributed by atoms with E-state index in [2.05, 4.69) is 9.88 Å². The number of sulfonamides is 1. The summed E-state index contributed by atoms with van der Waals surface area (Å²) in [6, 6.07) is 3.42. The number of thiophene rings is 1. The Bertz CT molecular complexity index is 691. The smallest absolute Gasteiger partial charge is 0.252 e. The van der Waals surface area contributed by atoms with Crippen molar-refractivity contribution >= 4 is 49.4 Å². The van der Waals surface area contributed by atoms with E-state index in [0.29, 0.717) is 36.3 Å². The fourth-order valence-electron chi connectivity index (χ4n) is 2.19. The monoisotopic (exact) mass is 363 g/mol. The van der Waals surface area contributed by atoms with Crippen molar-refractivity contribution < 1.29 is 8.42 Å². The van der Waals surface area contributed by atoms with Crippen molar-refractivity contribution in [2.45, 2.75) is 10.1 Å². The maximum Gasteiger partial charge on any atom is 0.252 e. The molecule has 0 amide bonds. The molecule has 0 aliphatic carbocycles. The lowest BCUT2D eigenvalue weighted by molar-refractivity contribution is 0.385. The molecule has 0 aromatic carbocycles. The Morgan fingerprint density at radius 3 is 2.57 bits per heavy atom. The maximum atomic E-state index is 12.6. The number of rotatable bonds is 4. The van der Waals surface area contributed by atoms with Gasteiger partial charge in [-0.2, -0.15) is 4.31 Å². The molecule has 3 heterocycles. The summed E-state index contributed by atoms with van der Waals surface area (Å²) in [5.41, 5.74) is 0. The van der Waals surface area contributed by atoms with Crippen molar-refractivity contribution in [3.8, 4) is 0 Å². The van der Waals surface area contributed by atoms with Crippen LogP contribution in [0.3, 0.4) is 0 Å². The lowest BCUT2D eigenvalue weighted by Gasteiger charge is -2.33. The van der Waals surface area contributed by atoms with Gasteiger partial charge in [0.2, 0.25) is 0 Å². The van der Waals surface area contributed by atoms with Gasteiger partial charge in [0.15, 0.2) is 5.13 Å². The number of halogens is 1. The number of nitrogens with zero attached hydrogens (tertiary/aromatic N) is 3. The number of anilines is 1. The summed E-state index contributed by atoms with van der Waals surface area (Å²) < 4.78 is 27.1. The van der Waals surface area contributed by atoms with Crippen LogP contribution in [0.4, 0.5) is 5.13 Å². The zero-order valence-corrected chi connectivity index (χ0v) is 14.3. The Morgan fingerprint density at radius 1 is 1.24 bits per heavy atom. The van der Waals surface area contributed by atoms with E-state index in [1.54, 1.807) is 34.0 Å². The number of hydrogen-bond acceptors (Lipinski definition) is 6. The Hall–Kier alpha value is -0.670. The highest BCUT2D eigenvalue weighted by molar-refractivity contribution is 7.91. The molecule has 0 spiro atoms. The zero-order chi connectivity index (χ0) is 14.9. The summed E-state index contributed by atoms with van der Waals surface area (Å²) in [6.07, 6.45) is 1.77. The molecule has 0 saturated carbocycles. The molecule has 3 rings (SSSR count). The third-order valence-electron chi connectivity index (χ3n) is 3.29. The van der Waals surface area contributed by atoms with E-state index in [4.69, 9.17) is 11.6 Å². The van der Waals surface area contributed by atoms with Crippen molar-refractivity contribution in [1.29, 1.82) is 0 Å². The van der Waals surface area contributed by atoms with Gasteiger partial charge in [-0.25, -0.2) is 13.4 Å². The summed E-state index contributed by atoms with van der Waals surface area (Å²) >= 11 is 8.56. The van der Waals surface area contributed by atoms with Crippen LogP contribution in [0, 0.1) is 0 Å². The highest BCUT2D eigenvalue weighted by Gasteiger charge is 2.30. The Kier molecular flexibility index (Phi) is 4.51. The van der Waals surface area contributed by atoms with Crippen LogP contribution in [0.2, 0.25) is 0 Å². The summed E-state index contributed by atoms with van der Waals surface area (Å²) in [5.74, 6) is 0.345. The highest BCUT2D eigenvalue weighted by atomic mass is 35.5. The molecule has 2 aromatic rings. The second-order valence-corrected chi connectivity index (χ2v) is 9.03. The summed E-state index contributed by atoms with van der Waals surface area (Å²) in [6.45, 7) is 2.30. The quantitative estimate of drug-likeness (QED) is 0.783. The minimum Gasteiger partial charge on any atom is -0.345 e. The summed E-state index contributed by atoms with van der Waals surface area (Å²) in [4.78, 5) is 7.26. The van der Waals surface area contributed by atoms with Gasteiger partial charge in [0, 0.05) is 42.6 Å². The van der Waals surface area contributed by atoms with Crippen LogP contribution < -0.4 is 4.90 Å². The molecule has 0 N–H and O–H groups in total. The molecule has 0 atom stereocenters. The first-order chi connectivity index (χ1) is 10.1. The van der Waals surface area contributed by atoms with Gasteiger partial charge in [-0.1, -0.05) is 0 Å². The molecule has 1 fully saturated rings. The number of alkyl halides is 1. The van der Waals surface area contributed by atoms with E-state index >= 15 is 0 Å². The number of aromatic nitrogens is 1. The first-order valence-corrected chi connectivity index (χ1v) is 10.1. The van der Waals surface area contributed by atoms with E-state index in [9.17, 15) is 8.42 Å². The zero-order valence-electron chi connectivity index (χ0n) is 11.1. The van der Waals surface area contributed by atoms with Crippen LogP contribution in [0.25, 0.3) is 0 Å². The molecule has 21 heavy (non-hydrogen) atoms. The van der Waals surface area contributed by atoms with Crippen molar-refractivity contribution in [3.63, 3.8) is 0 Å². The van der Waals surface area contributed by atoms with E-state index in [1.165, 1.54) is 11.3 Å². The maximum absolute atomic E-state index is 12.6. The molecule has 5 nitrogen and oxygen atoms in total. The van der Waals surface area contributed by atoms with Crippen molar-refractivity contribution in [2.75, 3.05) is 31.1 Å². The molecule has 1 aliphatic rings. The summed E-state index contributed by atoms with van der Waals surface area (Å²) in [7, 11) is -3.39. The third kappa shape index (κ3) is 3.09. The molecular weight excluding hydrogens is 350 g/mol. The van der Waals surface area contributed by atoms with Crippen LogP contribution >= 0.6 is 34.3 Å². The van der Waals surface area contributed by atoms with Gasteiger partial charge in [0.05, 0.1) is 5.88 Å². The predicted molar refractivity (Wildman–Crippen MR) is 87.0 cm³/mol. The normalized spacial score (nSPS) is 17.3. The van der Waals surface area contributed by atoms with Crippen LogP contribution in [0.1, 0.15) is 4.88 Å². The SMILES string of the molecule is O=S(=O)(c1ccc(CCl)s1)N1CCN(c2nccs2)CC1. The molecule has 2 aromatic heterocycles. The van der Waals surface area contributed by atoms with E-state index in [1.807, 2.05) is 5.38 Å². The molecule has 0 bridgehead atoms. The molecular formula is C12H14ClN3O2S3. The number of hydrogen-bond donors (Lipinski definition) is 0. The molecule has 9 heteroatoms. The first-order valence-electron chi connectivity index (χ1n) is 6.40. The van der Waals surface area contributed by atoms with Gasteiger partial charge in [-0.05, 0) is 12.1 Å². The molecule has 0 radical (unpaired) electrons. The third-order valence-corrected chi connectivity index (χ3v) is 8.02. The van der Waals surface area contributed by atoms with E-state index in [0.717, 1.165) is 10.0 Å². The van der Waals surface area contributed by atoms with Crippen LogP contribution in [0.5, 0.6) is 0 Å². The average molecular weight is 364 g/mol. The highest BCUT2D eigenvalue weighted by Crippen LogP contribution is 2.27. The van der Waals surface area contributed by atoms with Gasteiger partial charge in [0.25, 0.3) is 10.0 Å². The fraction of sp³-hybridized carbons (Fsp3) is 0.417. The topological polar surface area (TPSA) is 53.5 Å². The van der Waals surface area contributed by atoms with Gasteiger partial charge >= 0.3 is 0 Å². The molecule has 1 saturated heterocycles. The van der Waals surface area contributed by atoms with Gasteiger partial charge < -0.3 is 4.90 Å². The van der Waals surface area contributed by atoms with E-state index < -0.39 is 10.0 Å². The molecule has 114 valence electrons. The largest absolute Gasteiger partial charge is 0.345 e. The summed E-state index contributed by atoms with van der Waals surface area (Å²) in [5, 5.41) is 2.88. The van der Waals surface area contributed by atoms with Crippen molar-refractivity contribution in [1.82, 2.24) is 9.29 Å². The lowest BCUT2D eigenvalue weighted by atomic mass is 10.4. The van der Waals surface area contributed by atoms with Gasteiger partial charge in [-0.3, -0.25) is 0 Å². The second kappa shape index (κ2) is 6.21. The Balaban J connectivity index is 1.71. The molecule has 1 aliphatic heterocycles. The number of thiazole rings is 1.